The Morgan fingerprint density at radius 3 is 2.65 bits per heavy atom. The molecular weight excluding hydrogens is 292 g/mol. The fraction of sp³-hybridized carbons (Fsp3) is 0.571. The summed E-state index contributed by atoms with van der Waals surface area (Å²) in [5.74, 6) is 0.841. The van der Waals surface area contributed by atoms with Crippen LogP contribution in [0.1, 0.15) is 20.3 Å². The molecule has 2 rings (SSSR count). The molecule has 20 heavy (non-hydrogen) atoms. The number of para-hydroxylation sites is 1. The summed E-state index contributed by atoms with van der Waals surface area (Å²) in [6.45, 7) is 5.51. The Balaban J connectivity index is 2.30. The van der Waals surface area contributed by atoms with Crippen LogP contribution in [0.15, 0.2) is 29.2 Å². The molecule has 0 spiro atoms. The Bertz CT molecular complexity index is 570. The summed E-state index contributed by atoms with van der Waals surface area (Å²) < 4.78 is 27.4. The van der Waals surface area contributed by atoms with Crippen LogP contribution in [0.25, 0.3) is 0 Å². The van der Waals surface area contributed by atoms with Crippen molar-refractivity contribution in [1.29, 1.82) is 0 Å². The summed E-state index contributed by atoms with van der Waals surface area (Å²) >= 11 is 1.84. The highest BCUT2D eigenvalue weighted by atomic mass is 32.2. The predicted molar refractivity (Wildman–Crippen MR) is 85.9 cm³/mol. The van der Waals surface area contributed by atoms with Gasteiger partial charge in [0.1, 0.15) is 4.90 Å². The monoisotopic (exact) mass is 314 g/mol. The number of hydrogen-bond donors (Lipinski definition) is 1. The van der Waals surface area contributed by atoms with E-state index in [1.807, 2.05) is 17.8 Å². The Labute approximate surface area is 126 Å². The smallest absolute Gasteiger partial charge is 0.245 e. The van der Waals surface area contributed by atoms with Gasteiger partial charge in [-0.05, 0) is 18.6 Å². The number of nitrogens with one attached hydrogen (secondary N) is 1. The molecule has 0 aromatic heterocycles. The van der Waals surface area contributed by atoms with Gasteiger partial charge < -0.3 is 5.32 Å². The highest BCUT2D eigenvalue weighted by Gasteiger charge is 2.31. The lowest BCUT2D eigenvalue weighted by Crippen LogP contribution is -2.34. The van der Waals surface area contributed by atoms with Gasteiger partial charge in [0.25, 0.3) is 0 Å². The molecular formula is C14H22N2O2S2. The second-order valence-corrected chi connectivity index (χ2v) is 9.22. The van der Waals surface area contributed by atoms with E-state index in [-0.39, 0.29) is 4.75 Å². The van der Waals surface area contributed by atoms with E-state index in [1.54, 1.807) is 29.6 Å². The summed E-state index contributed by atoms with van der Waals surface area (Å²) in [6, 6.07) is 7.07. The largest absolute Gasteiger partial charge is 0.387 e. The summed E-state index contributed by atoms with van der Waals surface area (Å²) in [5.41, 5.74) is 0.656. The van der Waals surface area contributed by atoms with Crippen molar-refractivity contribution < 1.29 is 8.42 Å². The third kappa shape index (κ3) is 3.30. The highest BCUT2D eigenvalue weighted by molar-refractivity contribution is 8.00. The van der Waals surface area contributed by atoms with Crippen molar-refractivity contribution in [2.75, 3.05) is 31.2 Å². The molecule has 0 unspecified atom stereocenters. The molecule has 0 radical (unpaired) electrons. The molecule has 0 amide bonds. The van der Waals surface area contributed by atoms with E-state index >= 15 is 0 Å². The Hall–Kier alpha value is -0.720. The number of rotatable bonds is 3. The molecule has 4 nitrogen and oxygen atoms in total. The first-order valence-corrected chi connectivity index (χ1v) is 9.20. The molecule has 1 saturated heterocycles. The molecule has 1 aliphatic heterocycles. The van der Waals surface area contributed by atoms with Gasteiger partial charge in [0.15, 0.2) is 0 Å². The van der Waals surface area contributed by atoms with Gasteiger partial charge in [-0.2, -0.15) is 16.1 Å². The van der Waals surface area contributed by atoms with Crippen LogP contribution in [0.3, 0.4) is 0 Å². The molecule has 0 atom stereocenters. The first-order valence-electron chi connectivity index (χ1n) is 6.78. The summed E-state index contributed by atoms with van der Waals surface area (Å²) in [7, 11) is -1.68. The van der Waals surface area contributed by atoms with Crippen LogP contribution in [0.2, 0.25) is 0 Å². The summed E-state index contributed by atoms with van der Waals surface area (Å²) in [6.07, 6.45) is 0.874. The Morgan fingerprint density at radius 1 is 1.25 bits per heavy atom. The minimum absolute atomic E-state index is 0.146. The number of hydrogen-bond acceptors (Lipinski definition) is 4. The van der Waals surface area contributed by atoms with Gasteiger partial charge in [0.05, 0.1) is 5.69 Å². The number of anilines is 1. The number of thioether (sulfide) groups is 1. The molecule has 0 bridgehead atoms. The molecule has 1 aromatic rings. The topological polar surface area (TPSA) is 49.4 Å². The van der Waals surface area contributed by atoms with Crippen LogP contribution >= 0.6 is 11.8 Å². The minimum atomic E-state index is -3.42. The van der Waals surface area contributed by atoms with E-state index in [2.05, 4.69) is 19.2 Å². The molecule has 6 heteroatoms. The van der Waals surface area contributed by atoms with Crippen LogP contribution < -0.4 is 5.32 Å². The van der Waals surface area contributed by atoms with E-state index in [1.165, 1.54) is 0 Å². The lowest BCUT2D eigenvalue weighted by Gasteiger charge is -2.23. The van der Waals surface area contributed by atoms with Gasteiger partial charge in [-0.15, -0.1) is 0 Å². The van der Waals surface area contributed by atoms with Crippen molar-refractivity contribution in [3.8, 4) is 0 Å². The van der Waals surface area contributed by atoms with E-state index in [0.29, 0.717) is 23.7 Å². The molecule has 0 aliphatic carbocycles. The van der Waals surface area contributed by atoms with Gasteiger partial charge in [0, 0.05) is 30.6 Å². The second kappa shape index (κ2) is 5.95. The quantitative estimate of drug-likeness (QED) is 0.932. The van der Waals surface area contributed by atoms with Crippen molar-refractivity contribution in [2.24, 2.45) is 0 Å². The number of sulfonamides is 1. The zero-order valence-corrected chi connectivity index (χ0v) is 13.9. The van der Waals surface area contributed by atoms with Crippen molar-refractivity contribution >= 4 is 27.5 Å². The predicted octanol–water partition coefficient (Wildman–Crippen LogP) is 2.63. The molecule has 1 fully saturated rings. The van der Waals surface area contributed by atoms with Crippen LogP contribution in [-0.2, 0) is 10.0 Å². The third-order valence-corrected chi connectivity index (χ3v) is 6.90. The number of benzene rings is 1. The maximum Gasteiger partial charge on any atom is 0.245 e. The fourth-order valence-corrected chi connectivity index (χ4v) is 5.13. The van der Waals surface area contributed by atoms with Crippen molar-refractivity contribution in [3.63, 3.8) is 0 Å². The minimum Gasteiger partial charge on any atom is -0.387 e. The summed E-state index contributed by atoms with van der Waals surface area (Å²) in [5, 5.41) is 2.96. The molecule has 112 valence electrons. The van der Waals surface area contributed by atoms with E-state index in [9.17, 15) is 8.42 Å². The maximum absolute atomic E-state index is 12.8. The van der Waals surface area contributed by atoms with E-state index in [0.717, 1.165) is 12.2 Å². The molecule has 0 saturated carbocycles. The van der Waals surface area contributed by atoms with Crippen LogP contribution in [0.5, 0.6) is 0 Å². The van der Waals surface area contributed by atoms with Gasteiger partial charge in [0.2, 0.25) is 10.0 Å². The SMILES string of the molecule is CNc1ccccc1S(=O)(=O)N1CCSC(C)(C)CC1. The number of nitrogens with zero attached hydrogens (tertiary/aromatic N) is 1. The average molecular weight is 314 g/mol. The van der Waals surface area contributed by atoms with Gasteiger partial charge >= 0.3 is 0 Å². The zero-order valence-electron chi connectivity index (χ0n) is 12.2. The normalized spacial score (nSPS) is 20.4. The lowest BCUT2D eigenvalue weighted by molar-refractivity contribution is 0.415. The van der Waals surface area contributed by atoms with E-state index < -0.39 is 10.0 Å². The van der Waals surface area contributed by atoms with Crippen molar-refractivity contribution in [2.45, 2.75) is 29.9 Å². The first kappa shape index (κ1) is 15.7. The van der Waals surface area contributed by atoms with Crippen LogP contribution in [-0.4, -0.2) is 43.4 Å². The maximum atomic E-state index is 12.8. The summed E-state index contributed by atoms with van der Waals surface area (Å²) in [4.78, 5) is 0.368. The Kier molecular flexibility index (Phi) is 4.66. The third-order valence-electron chi connectivity index (χ3n) is 3.57. The lowest BCUT2D eigenvalue weighted by atomic mass is 10.1. The van der Waals surface area contributed by atoms with Crippen molar-refractivity contribution in [1.82, 2.24) is 4.31 Å². The van der Waals surface area contributed by atoms with Gasteiger partial charge in [-0.25, -0.2) is 8.42 Å². The second-order valence-electron chi connectivity index (χ2n) is 5.51. The van der Waals surface area contributed by atoms with E-state index in [4.69, 9.17) is 0 Å². The highest BCUT2D eigenvalue weighted by Crippen LogP contribution is 2.33. The first-order chi connectivity index (χ1) is 9.37. The molecule has 1 heterocycles. The standard InChI is InChI=1S/C14H22N2O2S2/c1-14(2)8-9-16(10-11-19-14)20(17,18)13-7-5-4-6-12(13)15-3/h4-7,15H,8-11H2,1-3H3. The van der Waals surface area contributed by atoms with Crippen molar-refractivity contribution in [3.05, 3.63) is 24.3 Å². The average Bonchev–Trinajstić information content (AvgIpc) is 2.60. The molecule has 1 aromatic carbocycles. The Morgan fingerprint density at radius 2 is 1.95 bits per heavy atom. The fourth-order valence-electron chi connectivity index (χ4n) is 2.28. The molecule has 1 aliphatic rings. The zero-order chi connectivity index (χ0) is 14.8. The van der Waals surface area contributed by atoms with Gasteiger partial charge in [-0.3, -0.25) is 0 Å². The molecule has 1 N–H and O–H groups in total. The van der Waals surface area contributed by atoms with Crippen LogP contribution in [0.4, 0.5) is 5.69 Å². The van der Waals surface area contributed by atoms with Crippen LogP contribution in [0, 0.1) is 0 Å². The van der Waals surface area contributed by atoms with Gasteiger partial charge in [-0.1, -0.05) is 26.0 Å².